The van der Waals surface area contributed by atoms with Crippen molar-refractivity contribution in [2.75, 3.05) is 21.3 Å². The van der Waals surface area contributed by atoms with E-state index in [1.54, 1.807) is 12.1 Å². The first-order valence-electron chi connectivity index (χ1n) is 10.0. The van der Waals surface area contributed by atoms with Crippen molar-refractivity contribution in [2.45, 2.75) is 64.1 Å². The molecule has 7 nitrogen and oxygen atoms in total. The molecule has 2 heterocycles. The van der Waals surface area contributed by atoms with Crippen LogP contribution in [0.1, 0.15) is 56.8 Å². The molecule has 2 saturated heterocycles. The molecule has 7 heteroatoms. The normalized spacial score (nSPS) is 23.5. The number of Topliss-reactive ketones (excluding diaryl/α,β-unsaturated/α-hetero) is 1. The van der Waals surface area contributed by atoms with Gasteiger partial charge in [0.2, 0.25) is 5.75 Å². The summed E-state index contributed by atoms with van der Waals surface area (Å²) in [5.41, 5.74) is 0.00830. The zero-order chi connectivity index (χ0) is 21.3. The van der Waals surface area contributed by atoms with Crippen molar-refractivity contribution in [1.29, 1.82) is 0 Å². The van der Waals surface area contributed by atoms with Crippen molar-refractivity contribution in [2.24, 2.45) is 5.92 Å². The van der Waals surface area contributed by atoms with Crippen molar-refractivity contribution in [3.63, 3.8) is 0 Å². The minimum atomic E-state index is -0.528. The van der Waals surface area contributed by atoms with Gasteiger partial charge in [0.1, 0.15) is 5.60 Å². The van der Waals surface area contributed by atoms with Gasteiger partial charge in [-0.05, 0) is 58.6 Å². The maximum Gasteiger partial charge on any atom is 0.410 e. The number of hydrogen-bond donors (Lipinski definition) is 0. The Hall–Kier alpha value is -2.44. The molecule has 3 rings (SSSR count). The van der Waals surface area contributed by atoms with E-state index in [1.807, 2.05) is 25.7 Å². The number of amides is 1. The molecule has 0 aromatic heterocycles. The van der Waals surface area contributed by atoms with E-state index in [0.717, 1.165) is 12.8 Å². The first-order valence-corrected chi connectivity index (χ1v) is 10.0. The summed E-state index contributed by atoms with van der Waals surface area (Å²) in [5.74, 6) is 1.29. The Kier molecular flexibility index (Phi) is 5.96. The van der Waals surface area contributed by atoms with Crippen molar-refractivity contribution in [1.82, 2.24) is 4.90 Å². The topological polar surface area (TPSA) is 74.3 Å². The lowest BCUT2D eigenvalue weighted by molar-refractivity contribution is 0.00254. The molecule has 29 heavy (non-hydrogen) atoms. The number of fused-ring (bicyclic) bond motifs is 2. The van der Waals surface area contributed by atoms with Gasteiger partial charge in [-0.1, -0.05) is 0 Å². The number of rotatable bonds is 5. The Labute approximate surface area is 172 Å². The number of ketones is 1. The highest BCUT2D eigenvalue weighted by Gasteiger charge is 2.46. The predicted molar refractivity (Wildman–Crippen MR) is 108 cm³/mol. The van der Waals surface area contributed by atoms with Crippen LogP contribution in [0, 0.1) is 5.92 Å². The monoisotopic (exact) mass is 405 g/mol. The van der Waals surface area contributed by atoms with Crippen LogP contribution in [0.2, 0.25) is 0 Å². The summed E-state index contributed by atoms with van der Waals surface area (Å²) < 4.78 is 21.7. The van der Waals surface area contributed by atoms with Gasteiger partial charge in [-0.2, -0.15) is 0 Å². The van der Waals surface area contributed by atoms with Gasteiger partial charge >= 0.3 is 6.09 Å². The summed E-state index contributed by atoms with van der Waals surface area (Å²) in [5, 5.41) is 0. The molecule has 160 valence electrons. The van der Waals surface area contributed by atoms with Gasteiger partial charge in [0.05, 0.1) is 21.3 Å². The number of carbonyl (C=O) groups excluding carboxylic acids is 2. The minimum absolute atomic E-state index is 0.0413. The van der Waals surface area contributed by atoms with Gasteiger partial charge in [0.15, 0.2) is 17.3 Å². The lowest BCUT2D eigenvalue weighted by Gasteiger charge is -2.39. The lowest BCUT2D eigenvalue weighted by Crippen LogP contribution is -2.49. The van der Waals surface area contributed by atoms with Crippen molar-refractivity contribution in [3.8, 4) is 17.2 Å². The lowest BCUT2D eigenvalue weighted by atomic mass is 9.84. The van der Waals surface area contributed by atoms with Crippen molar-refractivity contribution < 1.29 is 28.5 Å². The van der Waals surface area contributed by atoms with Crippen molar-refractivity contribution in [3.05, 3.63) is 17.7 Å². The highest BCUT2D eigenvalue weighted by molar-refractivity contribution is 5.99. The standard InChI is InChI=1S/C22H31NO6/c1-22(2,3)29-21(25)23-15-7-8-16(23)10-13(9-15)19(24)14-11-17(26-4)20(28-6)18(12-14)27-5/h11-13,15-16H,7-10H2,1-6H3. The highest BCUT2D eigenvalue weighted by atomic mass is 16.6. The summed E-state index contributed by atoms with van der Waals surface area (Å²) in [7, 11) is 4.60. The van der Waals surface area contributed by atoms with E-state index in [2.05, 4.69) is 0 Å². The zero-order valence-electron chi connectivity index (χ0n) is 18.1. The maximum absolute atomic E-state index is 13.3. The third-order valence-electron chi connectivity index (χ3n) is 5.66. The summed E-state index contributed by atoms with van der Waals surface area (Å²) in [6, 6.07) is 3.48. The Bertz CT molecular complexity index is 745. The Morgan fingerprint density at radius 1 is 0.931 bits per heavy atom. The number of methoxy groups -OCH3 is 3. The zero-order valence-corrected chi connectivity index (χ0v) is 18.1. The molecule has 2 fully saturated rings. The summed E-state index contributed by atoms with van der Waals surface area (Å²) in [6.07, 6.45) is 2.83. The van der Waals surface area contributed by atoms with Crippen LogP contribution < -0.4 is 14.2 Å². The van der Waals surface area contributed by atoms with Gasteiger partial charge in [0.25, 0.3) is 0 Å². The van der Waals surface area contributed by atoms with Crippen LogP contribution >= 0.6 is 0 Å². The molecule has 0 N–H and O–H groups in total. The third kappa shape index (κ3) is 4.28. The molecule has 2 atom stereocenters. The molecule has 0 radical (unpaired) electrons. The SMILES string of the molecule is COc1cc(C(=O)C2CC3CCC(C2)N3C(=O)OC(C)(C)C)cc(OC)c1OC. The maximum atomic E-state index is 13.3. The molecule has 1 aromatic rings. The molecule has 2 aliphatic heterocycles. The van der Waals surface area contributed by atoms with E-state index in [-0.39, 0.29) is 29.9 Å². The highest BCUT2D eigenvalue weighted by Crippen LogP contribution is 2.43. The Balaban J connectivity index is 1.79. The van der Waals surface area contributed by atoms with Crippen LogP contribution in [-0.2, 0) is 4.74 Å². The summed E-state index contributed by atoms with van der Waals surface area (Å²) in [4.78, 5) is 27.8. The van der Waals surface area contributed by atoms with Gasteiger partial charge in [-0.3, -0.25) is 4.79 Å². The van der Waals surface area contributed by atoms with Gasteiger partial charge < -0.3 is 23.8 Å². The number of hydrogen-bond acceptors (Lipinski definition) is 6. The minimum Gasteiger partial charge on any atom is -0.493 e. The second-order valence-electron chi connectivity index (χ2n) is 8.72. The first kappa shape index (κ1) is 21.3. The predicted octanol–water partition coefficient (Wildman–Crippen LogP) is 4.07. The fourth-order valence-corrected chi connectivity index (χ4v) is 4.46. The molecule has 0 spiro atoms. The molecule has 1 aromatic carbocycles. The second-order valence-corrected chi connectivity index (χ2v) is 8.72. The molecule has 2 unspecified atom stereocenters. The smallest absolute Gasteiger partial charge is 0.410 e. The number of ether oxygens (including phenoxy) is 4. The van der Waals surface area contributed by atoms with E-state index in [4.69, 9.17) is 18.9 Å². The number of benzene rings is 1. The van der Waals surface area contributed by atoms with E-state index in [9.17, 15) is 9.59 Å². The fraction of sp³-hybridized carbons (Fsp3) is 0.636. The van der Waals surface area contributed by atoms with Gasteiger partial charge in [-0.15, -0.1) is 0 Å². The number of nitrogens with zero attached hydrogens (tertiary/aromatic N) is 1. The van der Waals surface area contributed by atoms with Crippen molar-refractivity contribution >= 4 is 11.9 Å². The van der Waals surface area contributed by atoms with Crippen LogP contribution in [-0.4, -0.2) is 55.8 Å². The Morgan fingerprint density at radius 3 is 1.86 bits per heavy atom. The average Bonchev–Trinajstić information content (AvgIpc) is 2.94. The van der Waals surface area contributed by atoms with Crippen LogP contribution in [0.4, 0.5) is 4.79 Å². The number of carbonyl (C=O) groups is 2. The molecular weight excluding hydrogens is 374 g/mol. The molecular formula is C22H31NO6. The summed E-state index contributed by atoms with van der Waals surface area (Å²) in [6.45, 7) is 5.61. The van der Waals surface area contributed by atoms with Crippen LogP contribution in [0.25, 0.3) is 0 Å². The largest absolute Gasteiger partial charge is 0.493 e. The van der Waals surface area contributed by atoms with E-state index >= 15 is 0 Å². The van der Waals surface area contributed by atoms with E-state index in [1.165, 1.54) is 21.3 Å². The van der Waals surface area contributed by atoms with Gasteiger partial charge in [-0.25, -0.2) is 4.79 Å². The molecule has 0 saturated carbocycles. The molecule has 0 aliphatic carbocycles. The average molecular weight is 405 g/mol. The Morgan fingerprint density at radius 2 is 1.45 bits per heavy atom. The first-order chi connectivity index (χ1) is 13.7. The van der Waals surface area contributed by atoms with E-state index in [0.29, 0.717) is 35.7 Å². The second kappa shape index (κ2) is 8.13. The van der Waals surface area contributed by atoms with Crippen LogP contribution in [0.3, 0.4) is 0 Å². The van der Waals surface area contributed by atoms with Gasteiger partial charge in [0, 0.05) is 23.6 Å². The summed E-state index contributed by atoms with van der Waals surface area (Å²) >= 11 is 0. The molecule has 1 amide bonds. The van der Waals surface area contributed by atoms with Crippen LogP contribution in [0.5, 0.6) is 17.2 Å². The van der Waals surface area contributed by atoms with E-state index < -0.39 is 5.60 Å². The fourth-order valence-electron chi connectivity index (χ4n) is 4.46. The quantitative estimate of drug-likeness (QED) is 0.688. The molecule has 2 aliphatic rings. The van der Waals surface area contributed by atoms with Crippen LogP contribution in [0.15, 0.2) is 12.1 Å². The third-order valence-corrected chi connectivity index (χ3v) is 5.66. The molecule has 2 bridgehead atoms. The number of piperidine rings is 1.